The standard InChI is InChI=1S/C21H33N5O3/c1-16(2)26-13-18(22-15-26)17-12-25(20(28)24-7-4-5-8-24)14-21(17)6-9-23(19(21)27)10-11-29-3/h13,15-17H,4-12,14H2,1-3H3. The fourth-order valence-corrected chi connectivity index (χ4v) is 5.10. The van der Waals surface area contributed by atoms with Crippen molar-refractivity contribution in [3.63, 3.8) is 0 Å². The third-order valence-corrected chi connectivity index (χ3v) is 6.87. The molecule has 0 bridgehead atoms. The molecule has 8 nitrogen and oxygen atoms in total. The topological polar surface area (TPSA) is 70.9 Å². The Morgan fingerprint density at radius 2 is 2.03 bits per heavy atom. The van der Waals surface area contributed by atoms with Crippen molar-refractivity contribution in [3.8, 4) is 0 Å². The highest BCUT2D eigenvalue weighted by molar-refractivity contribution is 5.88. The number of amides is 3. The van der Waals surface area contributed by atoms with Gasteiger partial charge in [-0.05, 0) is 33.1 Å². The second kappa shape index (κ2) is 7.97. The van der Waals surface area contributed by atoms with Crippen molar-refractivity contribution in [2.45, 2.75) is 45.1 Å². The third-order valence-electron chi connectivity index (χ3n) is 6.87. The van der Waals surface area contributed by atoms with E-state index < -0.39 is 5.41 Å². The normalized spacial score (nSPS) is 27.2. The van der Waals surface area contributed by atoms with Crippen LogP contribution in [0.1, 0.15) is 50.8 Å². The molecule has 8 heteroatoms. The minimum Gasteiger partial charge on any atom is -0.383 e. The van der Waals surface area contributed by atoms with Crippen LogP contribution in [0.4, 0.5) is 4.79 Å². The summed E-state index contributed by atoms with van der Waals surface area (Å²) >= 11 is 0. The Hall–Kier alpha value is -2.09. The lowest BCUT2D eigenvalue weighted by Gasteiger charge is -2.28. The number of rotatable bonds is 5. The maximum absolute atomic E-state index is 13.5. The first-order valence-corrected chi connectivity index (χ1v) is 10.8. The Kier molecular flexibility index (Phi) is 5.55. The van der Waals surface area contributed by atoms with Gasteiger partial charge in [-0.25, -0.2) is 9.78 Å². The second-order valence-corrected chi connectivity index (χ2v) is 8.94. The zero-order valence-corrected chi connectivity index (χ0v) is 17.8. The van der Waals surface area contributed by atoms with E-state index in [0.717, 1.165) is 44.6 Å². The van der Waals surface area contributed by atoms with Crippen LogP contribution in [0.25, 0.3) is 0 Å². The van der Waals surface area contributed by atoms with E-state index in [9.17, 15) is 9.59 Å². The van der Waals surface area contributed by atoms with Crippen LogP contribution in [0, 0.1) is 5.41 Å². The third kappa shape index (κ3) is 3.52. The summed E-state index contributed by atoms with van der Waals surface area (Å²) in [6.07, 6.45) is 6.80. The van der Waals surface area contributed by atoms with Gasteiger partial charge in [0.2, 0.25) is 5.91 Å². The molecule has 1 spiro atoms. The molecule has 2 unspecified atom stereocenters. The number of carbonyl (C=O) groups excluding carboxylic acids is 2. The summed E-state index contributed by atoms with van der Waals surface area (Å²) in [7, 11) is 1.66. The predicted octanol–water partition coefficient (Wildman–Crippen LogP) is 1.94. The minimum absolute atomic E-state index is 0.0610. The molecule has 3 fully saturated rings. The number of urea groups is 1. The van der Waals surface area contributed by atoms with Gasteiger partial charge in [0.25, 0.3) is 0 Å². The van der Waals surface area contributed by atoms with Crippen LogP contribution in [-0.4, -0.2) is 89.2 Å². The maximum Gasteiger partial charge on any atom is 0.320 e. The summed E-state index contributed by atoms with van der Waals surface area (Å²) in [6.45, 7) is 8.78. The van der Waals surface area contributed by atoms with Crippen molar-refractivity contribution in [2.75, 3.05) is 53.0 Å². The molecule has 2 atom stereocenters. The van der Waals surface area contributed by atoms with Crippen LogP contribution in [0.3, 0.4) is 0 Å². The van der Waals surface area contributed by atoms with E-state index in [1.807, 2.05) is 21.0 Å². The minimum atomic E-state index is -0.570. The number of methoxy groups -OCH3 is 1. The van der Waals surface area contributed by atoms with Gasteiger partial charge in [-0.2, -0.15) is 0 Å². The molecule has 0 N–H and O–H groups in total. The molecule has 29 heavy (non-hydrogen) atoms. The van der Waals surface area contributed by atoms with Gasteiger partial charge in [-0.1, -0.05) is 0 Å². The summed E-state index contributed by atoms with van der Waals surface area (Å²) in [4.78, 5) is 37.1. The molecule has 4 rings (SSSR count). The number of imidazole rings is 1. The Labute approximate surface area is 172 Å². The maximum atomic E-state index is 13.5. The van der Waals surface area contributed by atoms with E-state index in [4.69, 9.17) is 4.74 Å². The smallest absolute Gasteiger partial charge is 0.320 e. The van der Waals surface area contributed by atoms with Gasteiger partial charge in [-0.3, -0.25) is 4.79 Å². The number of carbonyl (C=O) groups is 2. The zero-order valence-electron chi connectivity index (χ0n) is 17.8. The molecule has 3 aliphatic rings. The quantitative estimate of drug-likeness (QED) is 0.753. The van der Waals surface area contributed by atoms with Gasteiger partial charge in [0, 0.05) is 64.5 Å². The van der Waals surface area contributed by atoms with E-state index in [1.165, 1.54) is 0 Å². The van der Waals surface area contributed by atoms with Gasteiger partial charge in [-0.15, -0.1) is 0 Å². The zero-order chi connectivity index (χ0) is 20.6. The summed E-state index contributed by atoms with van der Waals surface area (Å²) in [6, 6.07) is 0.393. The van der Waals surface area contributed by atoms with Crippen molar-refractivity contribution < 1.29 is 14.3 Å². The second-order valence-electron chi connectivity index (χ2n) is 8.94. The molecular weight excluding hydrogens is 370 g/mol. The highest BCUT2D eigenvalue weighted by Gasteiger charge is 2.59. The van der Waals surface area contributed by atoms with Gasteiger partial charge in [0.05, 0.1) is 24.0 Å². The lowest BCUT2D eigenvalue weighted by molar-refractivity contribution is -0.136. The lowest BCUT2D eigenvalue weighted by Crippen LogP contribution is -2.44. The van der Waals surface area contributed by atoms with E-state index >= 15 is 0 Å². The molecule has 160 valence electrons. The Bertz CT molecular complexity index is 757. The molecule has 1 aromatic heterocycles. The molecule has 0 saturated carbocycles. The lowest BCUT2D eigenvalue weighted by atomic mass is 9.75. The number of nitrogens with zero attached hydrogens (tertiary/aromatic N) is 5. The molecule has 3 amide bonds. The van der Waals surface area contributed by atoms with Crippen LogP contribution >= 0.6 is 0 Å². The predicted molar refractivity (Wildman–Crippen MR) is 109 cm³/mol. The number of hydrogen-bond donors (Lipinski definition) is 0. The summed E-state index contributed by atoms with van der Waals surface area (Å²) < 4.78 is 7.27. The van der Waals surface area contributed by atoms with Gasteiger partial charge >= 0.3 is 6.03 Å². The summed E-state index contributed by atoms with van der Waals surface area (Å²) in [5, 5.41) is 0. The van der Waals surface area contributed by atoms with Crippen LogP contribution in [0.2, 0.25) is 0 Å². The van der Waals surface area contributed by atoms with Crippen LogP contribution in [0.15, 0.2) is 12.5 Å². The van der Waals surface area contributed by atoms with Gasteiger partial charge in [0.15, 0.2) is 0 Å². The number of aromatic nitrogens is 2. The Morgan fingerprint density at radius 1 is 1.28 bits per heavy atom. The molecule has 0 radical (unpaired) electrons. The highest BCUT2D eigenvalue weighted by Crippen LogP contribution is 2.49. The van der Waals surface area contributed by atoms with E-state index in [1.54, 1.807) is 7.11 Å². The molecular formula is C21H33N5O3. The van der Waals surface area contributed by atoms with E-state index in [0.29, 0.717) is 32.3 Å². The first-order valence-electron chi connectivity index (χ1n) is 10.8. The van der Waals surface area contributed by atoms with Crippen molar-refractivity contribution in [1.29, 1.82) is 0 Å². The first-order chi connectivity index (χ1) is 14.0. The Morgan fingerprint density at radius 3 is 2.69 bits per heavy atom. The van der Waals surface area contributed by atoms with Gasteiger partial charge < -0.3 is 24.0 Å². The van der Waals surface area contributed by atoms with E-state index in [-0.39, 0.29) is 17.9 Å². The molecule has 4 heterocycles. The molecule has 3 saturated heterocycles. The summed E-state index contributed by atoms with van der Waals surface area (Å²) in [5.41, 5.74) is 0.358. The van der Waals surface area contributed by atoms with Crippen molar-refractivity contribution in [3.05, 3.63) is 18.2 Å². The highest BCUT2D eigenvalue weighted by atomic mass is 16.5. The number of likely N-dealkylation sites (tertiary alicyclic amines) is 3. The average molecular weight is 404 g/mol. The largest absolute Gasteiger partial charge is 0.383 e. The van der Waals surface area contributed by atoms with Gasteiger partial charge in [0.1, 0.15) is 0 Å². The van der Waals surface area contributed by atoms with Crippen molar-refractivity contribution in [2.24, 2.45) is 5.41 Å². The van der Waals surface area contributed by atoms with Crippen molar-refractivity contribution in [1.82, 2.24) is 24.3 Å². The fourth-order valence-electron chi connectivity index (χ4n) is 5.10. The van der Waals surface area contributed by atoms with Crippen LogP contribution in [0.5, 0.6) is 0 Å². The van der Waals surface area contributed by atoms with Crippen LogP contribution < -0.4 is 0 Å². The number of hydrogen-bond acceptors (Lipinski definition) is 4. The molecule has 0 aromatic carbocycles. The first kappa shape index (κ1) is 20.2. The molecule has 3 aliphatic heterocycles. The molecule has 1 aromatic rings. The van der Waals surface area contributed by atoms with Crippen molar-refractivity contribution >= 4 is 11.9 Å². The van der Waals surface area contributed by atoms with Crippen LogP contribution in [-0.2, 0) is 9.53 Å². The summed E-state index contributed by atoms with van der Waals surface area (Å²) in [5.74, 6) is 0.0875. The molecule has 0 aliphatic carbocycles. The SMILES string of the molecule is COCCN1CCC2(CN(C(=O)N3CCCC3)CC2c2cn(C(C)C)cn2)C1=O. The average Bonchev–Trinajstić information content (AvgIpc) is 3.49. The van der Waals surface area contributed by atoms with E-state index in [2.05, 4.69) is 29.6 Å². The monoisotopic (exact) mass is 403 g/mol. The fraction of sp³-hybridized carbons (Fsp3) is 0.762. The number of ether oxygens (including phenoxy) is 1. The Balaban J connectivity index is 1.62.